The van der Waals surface area contributed by atoms with Crippen molar-refractivity contribution in [1.82, 2.24) is 0 Å². The topological polar surface area (TPSA) is 59.0 Å². The van der Waals surface area contributed by atoms with Crippen molar-refractivity contribution in [3.8, 4) is 0 Å². The molecule has 4 aromatic carbocycles. The molecule has 1 aliphatic heterocycles. The molecule has 0 spiro atoms. The molecular formula is C30H26N2O3S. The van der Waals surface area contributed by atoms with E-state index in [9.17, 15) is 8.42 Å². The van der Waals surface area contributed by atoms with Gasteiger partial charge >= 0.3 is 6.02 Å². The van der Waals surface area contributed by atoms with Gasteiger partial charge in [0, 0.05) is 5.69 Å². The number of hydrogen-bond donors (Lipinski definition) is 0. The molecule has 0 saturated carbocycles. The van der Waals surface area contributed by atoms with E-state index in [0.717, 1.165) is 27.9 Å². The van der Waals surface area contributed by atoms with Crippen molar-refractivity contribution in [3.63, 3.8) is 0 Å². The fourth-order valence-corrected chi connectivity index (χ4v) is 5.02. The SMILES string of the molecule is Cc1ccc([C@@H]2/C(=C/c3ccccc3)O/C(=N\S(=O)(=O)c3ccc(C)cc3)N2c2ccccc2)cc1. The van der Waals surface area contributed by atoms with Gasteiger partial charge in [0.1, 0.15) is 11.8 Å². The molecule has 0 aliphatic carbocycles. The van der Waals surface area contributed by atoms with E-state index in [0.29, 0.717) is 5.76 Å². The van der Waals surface area contributed by atoms with E-state index in [2.05, 4.69) is 4.40 Å². The van der Waals surface area contributed by atoms with Crippen LogP contribution in [0.25, 0.3) is 6.08 Å². The van der Waals surface area contributed by atoms with E-state index in [4.69, 9.17) is 4.74 Å². The lowest BCUT2D eigenvalue weighted by Crippen LogP contribution is -2.29. The summed E-state index contributed by atoms with van der Waals surface area (Å²) in [7, 11) is -4.02. The number of rotatable bonds is 5. The fraction of sp³-hybridized carbons (Fsp3) is 0.100. The molecule has 36 heavy (non-hydrogen) atoms. The van der Waals surface area contributed by atoms with Crippen LogP contribution in [-0.4, -0.2) is 14.4 Å². The highest BCUT2D eigenvalue weighted by Gasteiger charge is 2.40. The lowest BCUT2D eigenvalue weighted by Gasteiger charge is -2.24. The number of para-hydroxylation sites is 1. The Balaban J connectivity index is 1.70. The summed E-state index contributed by atoms with van der Waals surface area (Å²) in [5.74, 6) is 0.590. The molecule has 4 aromatic rings. The van der Waals surface area contributed by atoms with Crippen molar-refractivity contribution in [2.24, 2.45) is 4.40 Å². The molecule has 0 radical (unpaired) electrons. The third-order valence-electron chi connectivity index (χ3n) is 6.00. The largest absolute Gasteiger partial charge is 0.427 e. The number of amidine groups is 1. The minimum Gasteiger partial charge on any atom is -0.427 e. The van der Waals surface area contributed by atoms with Crippen molar-refractivity contribution in [2.45, 2.75) is 24.8 Å². The van der Waals surface area contributed by atoms with E-state index < -0.39 is 16.1 Å². The molecule has 5 rings (SSSR count). The van der Waals surface area contributed by atoms with Crippen LogP contribution in [0.5, 0.6) is 0 Å². The second kappa shape index (κ2) is 9.84. The number of sulfonamides is 1. The predicted molar refractivity (Wildman–Crippen MR) is 144 cm³/mol. The van der Waals surface area contributed by atoms with E-state index in [-0.39, 0.29) is 10.9 Å². The van der Waals surface area contributed by atoms with Crippen LogP contribution >= 0.6 is 0 Å². The first-order valence-electron chi connectivity index (χ1n) is 11.7. The number of anilines is 1. The Labute approximate surface area is 212 Å². The maximum Gasteiger partial charge on any atom is 0.314 e. The van der Waals surface area contributed by atoms with Crippen molar-refractivity contribution in [2.75, 3.05) is 4.90 Å². The van der Waals surface area contributed by atoms with Crippen molar-refractivity contribution < 1.29 is 13.2 Å². The minimum absolute atomic E-state index is 0.00883. The standard InChI is InChI=1S/C30H26N2O3S/c1-22-13-17-25(18-14-22)29-28(21-24-9-5-3-6-10-24)35-30(32(29)26-11-7-4-8-12-26)31-36(33,34)27-19-15-23(2)16-20-27/h3-21,29H,1-2H3/b28-21-,31-30-/t29-/m1/s1. The zero-order chi connectivity index (χ0) is 25.1. The second-order valence-electron chi connectivity index (χ2n) is 8.74. The van der Waals surface area contributed by atoms with Gasteiger partial charge in [0.2, 0.25) is 0 Å². The van der Waals surface area contributed by atoms with Crippen LogP contribution in [0.3, 0.4) is 0 Å². The zero-order valence-electron chi connectivity index (χ0n) is 20.1. The highest BCUT2D eigenvalue weighted by atomic mass is 32.2. The molecule has 0 N–H and O–H groups in total. The molecule has 1 heterocycles. The molecule has 180 valence electrons. The number of ether oxygens (including phenoxy) is 1. The molecule has 1 aliphatic rings. The number of aryl methyl sites for hydroxylation is 2. The van der Waals surface area contributed by atoms with Crippen molar-refractivity contribution in [1.29, 1.82) is 0 Å². The molecule has 1 saturated heterocycles. The van der Waals surface area contributed by atoms with Crippen LogP contribution in [-0.2, 0) is 14.8 Å². The summed E-state index contributed by atoms with van der Waals surface area (Å²) in [6, 6.07) is 33.8. The van der Waals surface area contributed by atoms with Crippen LogP contribution in [0.15, 0.2) is 124 Å². The molecular weight excluding hydrogens is 468 g/mol. The first-order valence-corrected chi connectivity index (χ1v) is 13.1. The van der Waals surface area contributed by atoms with Crippen LogP contribution in [0.1, 0.15) is 28.3 Å². The van der Waals surface area contributed by atoms with Crippen molar-refractivity contribution >= 4 is 27.8 Å². The highest BCUT2D eigenvalue weighted by molar-refractivity contribution is 7.90. The van der Waals surface area contributed by atoms with Gasteiger partial charge in [-0.15, -0.1) is 4.40 Å². The number of nitrogens with zero attached hydrogens (tertiary/aromatic N) is 2. The maximum atomic E-state index is 13.3. The van der Waals surface area contributed by atoms with Gasteiger partial charge in [-0.25, -0.2) is 0 Å². The predicted octanol–water partition coefficient (Wildman–Crippen LogP) is 6.67. The average Bonchev–Trinajstić information content (AvgIpc) is 3.22. The van der Waals surface area contributed by atoms with Crippen LogP contribution in [0.4, 0.5) is 5.69 Å². The minimum atomic E-state index is -4.02. The van der Waals surface area contributed by atoms with Crippen LogP contribution < -0.4 is 4.90 Å². The molecule has 0 bridgehead atoms. The van der Waals surface area contributed by atoms with E-state index in [1.165, 1.54) is 0 Å². The zero-order valence-corrected chi connectivity index (χ0v) is 20.9. The third-order valence-corrected chi connectivity index (χ3v) is 7.26. The van der Waals surface area contributed by atoms with Gasteiger partial charge in [-0.05, 0) is 55.3 Å². The number of benzene rings is 4. The highest BCUT2D eigenvalue weighted by Crippen LogP contribution is 2.41. The Hall–Kier alpha value is -4.16. The third kappa shape index (κ3) is 4.95. The van der Waals surface area contributed by atoms with Crippen LogP contribution in [0, 0.1) is 13.8 Å². The summed E-state index contributed by atoms with van der Waals surface area (Å²) < 4.78 is 37.1. The summed E-state index contributed by atoms with van der Waals surface area (Å²) >= 11 is 0. The molecule has 0 aromatic heterocycles. The van der Waals surface area contributed by atoms with Gasteiger partial charge in [-0.2, -0.15) is 8.42 Å². The molecule has 5 nitrogen and oxygen atoms in total. The molecule has 6 heteroatoms. The summed E-state index contributed by atoms with van der Waals surface area (Å²) in [4.78, 5) is 1.95. The van der Waals surface area contributed by atoms with E-state index in [1.54, 1.807) is 24.3 Å². The number of hydrogen-bond acceptors (Lipinski definition) is 3. The smallest absolute Gasteiger partial charge is 0.314 e. The maximum absolute atomic E-state index is 13.3. The van der Waals surface area contributed by atoms with Crippen molar-refractivity contribution in [3.05, 3.63) is 137 Å². The molecule has 1 fully saturated rings. The second-order valence-corrected chi connectivity index (χ2v) is 10.3. The lowest BCUT2D eigenvalue weighted by atomic mass is 10.0. The quantitative estimate of drug-likeness (QED) is 0.311. The van der Waals surface area contributed by atoms with Gasteiger partial charge in [-0.3, -0.25) is 4.90 Å². The molecule has 0 amide bonds. The Bertz CT molecular complexity index is 1510. The summed E-state index contributed by atoms with van der Waals surface area (Å²) in [5, 5.41) is 0. The molecule has 0 unspecified atom stereocenters. The first kappa shape index (κ1) is 23.6. The Morgan fingerprint density at radius 3 is 1.92 bits per heavy atom. The fourth-order valence-electron chi connectivity index (χ4n) is 4.11. The Morgan fingerprint density at radius 2 is 1.31 bits per heavy atom. The van der Waals surface area contributed by atoms with Gasteiger partial charge < -0.3 is 4.74 Å². The van der Waals surface area contributed by atoms with Gasteiger partial charge in [0.05, 0.1) is 4.90 Å². The summed E-state index contributed by atoms with van der Waals surface area (Å²) in [6.07, 6.45) is 1.93. The summed E-state index contributed by atoms with van der Waals surface area (Å²) in [5.41, 5.74) is 4.78. The van der Waals surface area contributed by atoms with E-state index in [1.807, 2.05) is 110 Å². The van der Waals surface area contributed by atoms with Crippen LogP contribution in [0.2, 0.25) is 0 Å². The lowest BCUT2D eigenvalue weighted by molar-refractivity contribution is 0.431. The summed E-state index contributed by atoms with van der Waals surface area (Å²) in [6.45, 7) is 3.94. The van der Waals surface area contributed by atoms with E-state index >= 15 is 0 Å². The first-order chi connectivity index (χ1) is 17.4. The van der Waals surface area contributed by atoms with Gasteiger partial charge in [0.25, 0.3) is 10.0 Å². The normalized spacial score (nSPS) is 17.9. The Kier molecular flexibility index (Phi) is 6.44. The van der Waals surface area contributed by atoms with Gasteiger partial charge in [0.15, 0.2) is 0 Å². The molecule has 1 atom stereocenters. The Morgan fingerprint density at radius 1 is 0.750 bits per heavy atom. The monoisotopic (exact) mass is 494 g/mol. The average molecular weight is 495 g/mol. The van der Waals surface area contributed by atoms with Gasteiger partial charge in [-0.1, -0.05) is 96.1 Å².